The van der Waals surface area contributed by atoms with Crippen LogP contribution in [0.4, 0.5) is 0 Å². The first-order valence-electron chi connectivity index (χ1n) is 6.55. The van der Waals surface area contributed by atoms with Gasteiger partial charge in [-0.25, -0.2) is 18.1 Å². The molecule has 0 bridgehead atoms. The fraction of sp³-hybridized carbons (Fsp3) is 0.462. The molecule has 3 rings (SSSR count). The van der Waals surface area contributed by atoms with E-state index in [1.54, 1.807) is 6.07 Å². The first-order valence-corrected chi connectivity index (χ1v) is 8.85. The molecule has 0 spiro atoms. The number of rotatable bonds is 3. The molecule has 0 unspecified atom stereocenters. The number of imidazole rings is 1. The SMILES string of the molecule is Cc1cn2c(n1)CC[C@H](NS(=O)(=O)c1ccc(C)s1)C2. The van der Waals surface area contributed by atoms with Crippen molar-refractivity contribution in [3.63, 3.8) is 0 Å². The van der Waals surface area contributed by atoms with Crippen molar-refractivity contribution in [3.8, 4) is 0 Å². The first kappa shape index (κ1) is 13.8. The minimum absolute atomic E-state index is 0.0662. The third kappa shape index (κ3) is 2.65. The molecule has 7 heteroatoms. The van der Waals surface area contributed by atoms with Gasteiger partial charge < -0.3 is 4.57 Å². The van der Waals surface area contributed by atoms with Crippen molar-refractivity contribution in [1.29, 1.82) is 0 Å². The van der Waals surface area contributed by atoms with Crippen molar-refractivity contribution >= 4 is 21.4 Å². The van der Waals surface area contributed by atoms with Crippen molar-refractivity contribution in [2.24, 2.45) is 0 Å². The molecule has 20 heavy (non-hydrogen) atoms. The third-order valence-electron chi connectivity index (χ3n) is 3.42. The van der Waals surface area contributed by atoms with Gasteiger partial charge >= 0.3 is 0 Å². The second kappa shape index (κ2) is 4.98. The van der Waals surface area contributed by atoms with Crippen LogP contribution in [0.5, 0.6) is 0 Å². The topological polar surface area (TPSA) is 64.0 Å². The van der Waals surface area contributed by atoms with Crippen LogP contribution >= 0.6 is 11.3 Å². The maximum Gasteiger partial charge on any atom is 0.250 e. The zero-order valence-electron chi connectivity index (χ0n) is 11.5. The Balaban J connectivity index is 1.76. The van der Waals surface area contributed by atoms with Crippen molar-refractivity contribution in [2.75, 3.05) is 0 Å². The molecule has 1 N–H and O–H groups in total. The van der Waals surface area contributed by atoms with E-state index in [0.29, 0.717) is 10.8 Å². The lowest BCUT2D eigenvalue weighted by atomic mass is 10.1. The standard InChI is InChI=1S/C13H17N3O2S2/c1-9-7-16-8-11(4-5-12(16)14-9)15-20(17,18)13-6-3-10(2)19-13/h3,6-7,11,15H,4-5,8H2,1-2H3/t11-/m0/s1. The van der Waals surface area contributed by atoms with Crippen LogP contribution in [0, 0.1) is 13.8 Å². The van der Waals surface area contributed by atoms with Gasteiger partial charge in [-0.3, -0.25) is 0 Å². The van der Waals surface area contributed by atoms with Crippen molar-refractivity contribution < 1.29 is 8.42 Å². The average Bonchev–Trinajstić information content (AvgIpc) is 2.93. The normalized spacial score (nSPS) is 19.0. The summed E-state index contributed by atoms with van der Waals surface area (Å²) in [6.45, 7) is 4.52. The van der Waals surface area contributed by atoms with Gasteiger partial charge in [0.15, 0.2) is 0 Å². The number of thiophene rings is 1. The first-order chi connectivity index (χ1) is 9.44. The molecule has 5 nitrogen and oxygen atoms in total. The molecule has 0 saturated carbocycles. The van der Waals surface area contributed by atoms with Crippen LogP contribution in [-0.2, 0) is 23.0 Å². The second-order valence-corrected chi connectivity index (χ2v) is 8.40. The van der Waals surface area contributed by atoms with E-state index in [4.69, 9.17) is 0 Å². The number of nitrogens with zero attached hydrogens (tertiary/aromatic N) is 2. The van der Waals surface area contributed by atoms with E-state index in [9.17, 15) is 8.42 Å². The molecule has 0 fully saturated rings. The number of aromatic nitrogens is 2. The van der Waals surface area contributed by atoms with Gasteiger partial charge in [0.25, 0.3) is 0 Å². The molecule has 3 heterocycles. The van der Waals surface area contributed by atoms with E-state index in [1.807, 2.05) is 30.7 Å². The molecule has 0 saturated heterocycles. The molecule has 0 radical (unpaired) electrons. The molecule has 2 aromatic heterocycles. The van der Waals surface area contributed by atoms with Crippen LogP contribution in [0.25, 0.3) is 0 Å². The minimum Gasteiger partial charge on any atom is -0.333 e. The highest BCUT2D eigenvalue weighted by molar-refractivity contribution is 7.91. The zero-order valence-corrected chi connectivity index (χ0v) is 13.1. The Bertz CT molecular complexity index is 731. The maximum absolute atomic E-state index is 12.3. The largest absolute Gasteiger partial charge is 0.333 e. The summed E-state index contributed by atoms with van der Waals surface area (Å²) < 4.78 is 29.9. The number of fused-ring (bicyclic) bond motifs is 1. The Labute approximate surface area is 122 Å². The van der Waals surface area contributed by atoms with Gasteiger partial charge in [-0.15, -0.1) is 11.3 Å². The fourth-order valence-electron chi connectivity index (χ4n) is 2.52. The summed E-state index contributed by atoms with van der Waals surface area (Å²) in [5, 5.41) is 0. The predicted octanol–water partition coefficient (Wildman–Crippen LogP) is 1.85. The lowest BCUT2D eigenvalue weighted by molar-refractivity contribution is 0.421. The van der Waals surface area contributed by atoms with Crippen LogP contribution in [0.2, 0.25) is 0 Å². The van der Waals surface area contributed by atoms with E-state index in [0.717, 1.165) is 29.2 Å². The van der Waals surface area contributed by atoms with Crippen LogP contribution in [0.1, 0.15) is 22.8 Å². The lowest BCUT2D eigenvalue weighted by Gasteiger charge is -2.24. The summed E-state index contributed by atoms with van der Waals surface area (Å²) in [5.41, 5.74) is 0.984. The molecule has 0 amide bonds. The van der Waals surface area contributed by atoms with Crippen LogP contribution < -0.4 is 4.72 Å². The monoisotopic (exact) mass is 311 g/mol. The Hall–Kier alpha value is -1.18. The van der Waals surface area contributed by atoms with Crippen molar-refractivity contribution in [3.05, 3.63) is 34.7 Å². The van der Waals surface area contributed by atoms with Gasteiger partial charge in [0.2, 0.25) is 10.0 Å². The quantitative estimate of drug-likeness (QED) is 0.941. The molecule has 1 aliphatic heterocycles. The Morgan fingerprint density at radius 3 is 2.90 bits per heavy atom. The highest BCUT2D eigenvalue weighted by Gasteiger charge is 2.25. The van der Waals surface area contributed by atoms with Gasteiger partial charge in [0, 0.05) is 30.1 Å². The van der Waals surface area contributed by atoms with Crippen molar-refractivity contribution in [1.82, 2.24) is 14.3 Å². The van der Waals surface area contributed by atoms with E-state index in [-0.39, 0.29) is 6.04 Å². The van der Waals surface area contributed by atoms with Gasteiger partial charge in [-0.2, -0.15) is 0 Å². The summed E-state index contributed by atoms with van der Waals surface area (Å²) >= 11 is 1.30. The zero-order chi connectivity index (χ0) is 14.3. The van der Waals surface area contributed by atoms with E-state index >= 15 is 0 Å². The Morgan fingerprint density at radius 2 is 2.20 bits per heavy atom. The third-order valence-corrected chi connectivity index (χ3v) is 6.43. The summed E-state index contributed by atoms with van der Waals surface area (Å²) in [4.78, 5) is 5.43. The van der Waals surface area contributed by atoms with Gasteiger partial charge in [-0.1, -0.05) is 0 Å². The average molecular weight is 311 g/mol. The maximum atomic E-state index is 12.3. The van der Waals surface area contributed by atoms with E-state index in [1.165, 1.54) is 11.3 Å². The smallest absolute Gasteiger partial charge is 0.250 e. The molecule has 1 aliphatic rings. The van der Waals surface area contributed by atoms with Crippen LogP contribution in [-0.4, -0.2) is 24.0 Å². The number of nitrogens with one attached hydrogen (secondary N) is 1. The molecule has 0 aromatic carbocycles. The summed E-state index contributed by atoms with van der Waals surface area (Å²) in [5.74, 6) is 1.05. The Kier molecular flexibility index (Phi) is 3.43. The second-order valence-electron chi connectivity index (χ2n) is 5.17. The van der Waals surface area contributed by atoms with Crippen LogP contribution in [0.3, 0.4) is 0 Å². The number of sulfonamides is 1. The molecular formula is C13H17N3O2S2. The number of hydrogen-bond acceptors (Lipinski definition) is 4. The van der Waals surface area contributed by atoms with E-state index in [2.05, 4.69) is 9.71 Å². The minimum atomic E-state index is -3.40. The van der Waals surface area contributed by atoms with Gasteiger partial charge in [-0.05, 0) is 32.4 Å². The number of aryl methyl sites for hydroxylation is 3. The fourth-order valence-corrected chi connectivity index (χ4v) is 5.08. The molecule has 1 atom stereocenters. The molecular weight excluding hydrogens is 294 g/mol. The molecule has 0 aliphatic carbocycles. The van der Waals surface area contributed by atoms with Gasteiger partial charge in [0.1, 0.15) is 10.0 Å². The summed E-state index contributed by atoms with van der Waals surface area (Å²) in [6, 6.07) is 3.43. The molecule has 2 aromatic rings. The number of hydrogen-bond donors (Lipinski definition) is 1. The lowest BCUT2D eigenvalue weighted by Crippen LogP contribution is -2.40. The predicted molar refractivity (Wildman–Crippen MR) is 78.5 cm³/mol. The summed E-state index contributed by atoms with van der Waals surface area (Å²) in [6.07, 6.45) is 3.58. The highest BCUT2D eigenvalue weighted by Crippen LogP contribution is 2.22. The van der Waals surface area contributed by atoms with Crippen molar-refractivity contribution in [2.45, 2.75) is 43.5 Å². The highest BCUT2D eigenvalue weighted by atomic mass is 32.2. The Morgan fingerprint density at radius 1 is 1.40 bits per heavy atom. The van der Waals surface area contributed by atoms with E-state index < -0.39 is 10.0 Å². The summed E-state index contributed by atoms with van der Waals surface area (Å²) in [7, 11) is -3.40. The molecule has 108 valence electrons. The van der Waals surface area contributed by atoms with Gasteiger partial charge in [0.05, 0.1) is 5.69 Å². The van der Waals surface area contributed by atoms with Crippen LogP contribution in [0.15, 0.2) is 22.5 Å².